The Labute approximate surface area is 146 Å². The molecule has 1 fully saturated rings. The molecule has 2 aromatic rings. The van der Waals surface area contributed by atoms with Gasteiger partial charge in [-0.25, -0.2) is 0 Å². The van der Waals surface area contributed by atoms with Gasteiger partial charge in [0, 0.05) is 41.9 Å². The number of carbonyl (C=O) groups excluding carboxylic acids is 1. The van der Waals surface area contributed by atoms with Crippen molar-refractivity contribution in [3.8, 4) is 0 Å². The topological polar surface area (TPSA) is 23.6 Å². The molecule has 0 amide bonds. The molecule has 23 heavy (non-hydrogen) atoms. The summed E-state index contributed by atoms with van der Waals surface area (Å²) in [7, 11) is 0. The van der Waals surface area contributed by atoms with Crippen LogP contribution in [0.25, 0.3) is 0 Å². The van der Waals surface area contributed by atoms with Crippen molar-refractivity contribution < 1.29 is 4.79 Å². The molecule has 1 saturated heterocycles. The summed E-state index contributed by atoms with van der Waals surface area (Å²) in [6.07, 6.45) is 0. The maximum atomic E-state index is 12.3. The van der Waals surface area contributed by atoms with Crippen LogP contribution in [0, 0.1) is 6.92 Å². The lowest BCUT2D eigenvalue weighted by Crippen LogP contribution is -2.48. The number of anilines is 1. The number of halogens is 1. The van der Waals surface area contributed by atoms with Crippen LogP contribution in [0.4, 0.5) is 5.69 Å². The van der Waals surface area contributed by atoms with Crippen molar-refractivity contribution in [3.63, 3.8) is 0 Å². The molecule has 1 aliphatic heterocycles. The number of ketones is 1. The second kappa shape index (κ2) is 7.28. The van der Waals surface area contributed by atoms with E-state index in [-0.39, 0.29) is 5.78 Å². The summed E-state index contributed by atoms with van der Waals surface area (Å²) < 4.78 is 1.00. The number of benzene rings is 2. The van der Waals surface area contributed by atoms with Crippen LogP contribution in [-0.2, 0) is 0 Å². The van der Waals surface area contributed by atoms with Crippen molar-refractivity contribution in [2.75, 3.05) is 37.6 Å². The Balaban J connectivity index is 1.55. The zero-order chi connectivity index (χ0) is 16.2. The molecule has 0 aromatic heterocycles. The molecule has 0 radical (unpaired) electrons. The van der Waals surface area contributed by atoms with Gasteiger partial charge in [0.25, 0.3) is 0 Å². The zero-order valence-electron chi connectivity index (χ0n) is 13.3. The number of carbonyl (C=O) groups is 1. The maximum absolute atomic E-state index is 12.3. The average Bonchev–Trinajstić information content (AvgIpc) is 2.56. The van der Waals surface area contributed by atoms with Gasteiger partial charge in [-0.3, -0.25) is 9.69 Å². The fourth-order valence-electron chi connectivity index (χ4n) is 2.92. The first-order valence-electron chi connectivity index (χ1n) is 7.94. The van der Waals surface area contributed by atoms with Gasteiger partial charge in [-0.05, 0) is 36.8 Å². The minimum atomic E-state index is 0.196. The van der Waals surface area contributed by atoms with E-state index >= 15 is 0 Å². The Morgan fingerprint density at radius 1 is 1.04 bits per heavy atom. The molecule has 120 valence electrons. The minimum absolute atomic E-state index is 0.196. The first kappa shape index (κ1) is 16.2. The standard InChI is InChI=1S/C19H21BrN2O/c1-15-3-2-4-18(13-15)22-11-9-21(10-12-22)14-19(23)16-5-7-17(20)8-6-16/h2-8,13H,9-12,14H2,1H3. The van der Waals surface area contributed by atoms with E-state index < -0.39 is 0 Å². The molecule has 0 unspecified atom stereocenters. The van der Waals surface area contributed by atoms with Crippen LogP contribution in [0.3, 0.4) is 0 Å². The second-order valence-corrected chi connectivity index (χ2v) is 6.95. The van der Waals surface area contributed by atoms with E-state index in [1.165, 1.54) is 11.3 Å². The van der Waals surface area contributed by atoms with E-state index in [1.807, 2.05) is 24.3 Å². The Hall–Kier alpha value is -1.65. The molecule has 3 rings (SSSR count). The summed E-state index contributed by atoms with van der Waals surface area (Å²) in [6.45, 7) is 6.42. The number of hydrogen-bond donors (Lipinski definition) is 0. The molecule has 0 aliphatic carbocycles. The van der Waals surface area contributed by atoms with E-state index in [1.54, 1.807) is 0 Å². The van der Waals surface area contributed by atoms with Crippen LogP contribution >= 0.6 is 15.9 Å². The van der Waals surface area contributed by atoms with Crippen molar-refractivity contribution >= 4 is 27.4 Å². The summed E-state index contributed by atoms with van der Waals surface area (Å²) in [5, 5.41) is 0. The monoisotopic (exact) mass is 372 g/mol. The normalized spacial score (nSPS) is 15.7. The van der Waals surface area contributed by atoms with Crippen molar-refractivity contribution in [1.29, 1.82) is 0 Å². The van der Waals surface area contributed by atoms with Gasteiger partial charge in [0.05, 0.1) is 6.54 Å². The Morgan fingerprint density at radius 2 is 1.74 bits per heavy atom. The Morgan fingerprint density at radius 3 is 2.39 bits per heavy atom. The van der Waals surface area contributed by atoms with Crippen LogP contribution in [0.1, 0.15) is 15.9 Å². The first-order chi connectivity index (χ1) is 11.1. The highest BCUT2D eigenvalue weighted by molar-refractivity contribution is 9.10. The number of rotatable bonds is 4. The van der Waals surface area contributed by atoms with Crippen LogP contribution in [0.15, 0.2) is 53.0 Å². The van der Waals surface area contributed by atoms with Crippen LogP contribution in [0.2, 0.25) is 0 Å². The number of nitrogens with zero attached hydrogens (tertiary/aromatic N) is 2. The molecule has 0 atom stereocenters. The smallest absolute Gasteiger partial charge is 0.176 e. The van der Waals surface area contributed by atoms with Gasteiger partial charge in [0.15, 0.2) is 5.78 Å². The minimum Gasteiger partial charge on any atom is -0.369 e. The number of Topliss-reactive ketones (excluding diaryl/α,β-unsaturated/α-hetero) is 1. The van der Waals surface area contributed by atoms with Gasteiger partial charge in [0.1, 0.15) is 0 Å². The van der Waals surface area contributed by atoms with Crippen molar-refractivity contribution in [2.45, 2.75) is 6.92 Å². The summed E-state index contributed by atoms with van der Waals surface area (Å²) in [5.74, 6) is 0.196. The van der Waals surface area contributed by atoms with Gasteiger partial charge in [-0.15, -0.1) is 0 Å². The van der Waals surface area contributed by atoms with Crippen molar-refractivity contribution in [2.24, 2.45) is 0 Å². The van der Waals surface area contributed by atoms with E-state index in [9.17, 15) is 4.79 Å². The van der Waals surface area contributed by atoms with E-state index in [0.29, 0.717) is 6.54 Å². The summed E-state index contributed by atoms with van der Waals surface area (Å²) in [6, 6.07) is 16.2. The van der Waals surface area contributed by atoms with E-state index in [0.717, 1.165) is 36.2 Å². The molecule has 1 aliphatic rings. The van der Waals surface area contributed by atoms with Crippen molar-refractivity contribution in [3.05, 3.63) is 64.1 Å². The summed E-state index contributed by atoms with van der Waals surface area (Å²) in [5.41, 5.74) is 3.36. The molecule has 0 saturated carbocycles. The molecular formula is C19H21BrN2O. The molecule has 0 bridgehead atoms. The van der Waals surface area contributed by atoms with Crippen LogP contribution in [-0.4, -0.2) is 43.4 Å². The summed E-state index contributed by atoms with van der Waals surface area (Å²) >= 11 is 3.40. The third-order valence-electron chi connectivity index (χ3n) is 4.27. The Bertz CT molecular complexity index is 676. The van der Waals surface area contributed by atoms with Gasteiger partial charge in [-0.1, -0.05) is 40.2 Å². The quantitative estimate of drug-likeness (QED) is 0.763. The van der Waals surface area contributed by atoms with Crippen LogP contribution < -0.4 is 4.90 Å². The molecule has 0 N–H and O–H groups in total. The number of hydrogen-bond acceptors (Lipinski definition) is 3. The average molecular weight is 373 g/mol. The molecule has 2 aromatic carbocycles. The third kappa shape index (κ3) is 4.21. The fourth-order valence-corrected chi connectivity index (χ4v) is 3.18. The number of piperazine rings is 1. The lowest BCUT2D eigenvalue weighted by Gasteiger charge is -2.35. The molecule has 4 heteroatoms. The first-order valence-corrected chi connectivity index (χ1v) is 8.74. The summed E-state index contributed by atoms with van der Waals surface area (Å²) in [4.78, 5) is 17.0. The molecule has 1 heterocycles. The Kier molecular flexibility index (Phi) is 5.13. The predicted octanol–water partition coefficient (Wildman–Crippen LogP) is 3.76. The van der Waals surface area contributed by atoms with Crippen molar-refractivity contribution in [1.82, 2.24) is 4.90 Å². The molecule has 0 spiro atoms. The maximum Gasteiger partial charge on any atom is 0.176 e. The third-order valence-corrected chi connectivity index (χ3v) is 4.80. The lowest BCUT2D eigenvalue weighted by atomic mass is 10.1. The highest BCUT2D eigenvalue weighted by Crippen LogP contribution is 2.18. The van der Waals surface area contributed by atoms with Gasteiger partial charge in [-0.2, -0.15) is 0 Å². The van der Waals surface area contributed by atoms with Gasteiger partial charge in [0.2, 0.25) is 0 Å². The molecular weight excluding hydrogens is 352 g/mol. The largest absolute Gasteiger partial charge is 0.369 e. The van der Waals surface area contributed by atoms with E-state index in [4.69, 9.17) is 0 Å². The highest BCUT2D eigenvalue weighted by Gasteiger charge is 2.19. The lowest BCUT2D eigenvalue weighted by molar-refractivity contribution is 0.0926. The molecule has 3 nitrogen and oxygen atoms in total. The zero-order valence-corrected chi connectivity index (χ0v) is 14.9. The second-order valence-electron chi connectivity index (χ2n) is 6.03. The SMILES string of the molecule is Cc1cccc(N2CCN(CC(=O)c3ccc(Br)cc3)CC2)c1. The van der Waals surface area contributed by atoms with E-state index in [2.05, 4.69) is 56.9 Å². The van der Waals surface area contributed by atoms with Gasteiger partial charge >= 0.3 is 0 Å². The van der Waals surface area contributed by atoms with Gasteiger partial charge < -0.3 is 4.90 Å². The predicted molar refractivity (Wildman–Crippen MR) is 98.3 cm³/mol. The van der Waals surface area contributed by atoms with Crippen LogP contribution in [0.5, 0.6) is 0 Å². The fraction of sp³-hybridized carbons (Fsp3) is 0.316. The number of aryl methyl sites for hydroxylation is 1. The highest BCUT2D eigenvalue weighted by atomic mass is 79.9.